The molecule has 0 atom stereocenters. The second-order valence-electron chi connectivity index (χ2n) is 3.17. The zero-order chi connectivity index (χ0) is 13.1. The normalized spacial score (nSPS) is 9.71. The van der Waals surface area contributed by atoms with E-state index < -0.39 is 11.9 Å². The molecule has 2 amide bonds. The Labute approximate surface area is 99.6 Å². The lowest BCUT2D eigenvalue weighted by atomic mass is 10.3. The predicted molar refractivity (Wildman–Crippen MR) is 58.9 cm³/mol. The average Bonchev–Trinajstić information content (AvgIpc) is 2.26. The molecule has 0 saturated carbocycles. The summed E-state index contributed by atoms with van der Waals surface area (Å²) in [7, 11) is 0. The van der Waals surface area contributed by atoms with E-state index in [0.29, 0.717) is 6.61 Å². The van der Waals surface area contributed by atoms with Crippen LogP contribution in [0.5, 0.6) is 0 Å². The molecule has 0 aromatic rings. The van der Waals surface area contributed by atoms with Crippen molar-refractivity contribution in [1.29, 1.82) is 0 Å². The second-order valence-corrected chi connectivity index (χ2v) is 3.17. The summed E-state index contributed by atoms with van der Waals surface area (Å²) in [4.78, 5) is 32.4. The molecule has 0 aliphatic heterocycles. The molecule has 3 N–H and O–H groups in total. The highest BCUT2D eigenvalue weighted by molar-refractivity contribution is 5.81. The highest BCUT2D eigenvalue weighted by atomic mass is 16.5. The first kappa shape index (κ1) is 15.4. The van der Waals surface area contributed by atoms with Gasteiger partial charge in [-0.2, -0.15) is 0 Å². The van der Waals surface area contributed by atoms with Crippen molar-refractivity contribution in [3.63, 3.8) is 0 Å². The van der Waals surface area contributed by atoms with Crippen LogP contribution in [0.2, 0.25) is 0 Å². The number of ether oxygens (including phenoxy) is 2. The van der Waals surface area contributed by atoms with Gasteiger partial charge < -0.3 is 20.5 Å². The lowest BCUT2D eigenvalue weighted by Crippen LogP contribution is -2.29. The molecule has 17 heavy (non-hydrogen) atoms. The third-order valence-corrected chi connectivity index (χ3v) is 1.67. The van der Waals surface area contributed by atoms with Crippen LogP contribution >= 0.6 is 0 Å². The van der Waals surface area contributed by atoms with Crippen LogP contribution < -0.4 is 11.1 Å². The molecule has 7 heteroatoms. The number of nitrogens with one attached hydrogen (secondary N) is 1. The van der Waals surface area contributed by atoms with Crippen molar-refractivity contribution in [3.8, 4) is 0 Å². The fraction of sp³-hybridized carbons (Fsp3) is 0.700. The van der Waals surface area contributed by atoms with Crippen molar-refractivity contribution in [2.45, 2.75) is 19.8 Å². The average molecular weight is 246 g/mol. The molecule has 98 valence electrons. The summed E-state index contributed by atoms with van der Waals surface area (Å²) in [5.41, 5.74) is 4.84. The summed E-state index contributed by atoms with van der Waals surface area (Å²) in [6, 6.07) is 0. The lowest BCUT2D eigenvalue weighted by Gasteiger charge is -2.05. The third kappa shape index (κ3) is 10.6. The van der Waals surface area contributed by atoms with Gasteiger partial charge >= 0.3 is 5.97 Å². The monoisotopic (exact) mass is 246 g/mol. The van der Waals surface area contributed by atoms with Gasteiger partial charge in [-0.1, -0.05) is 0 Å². The number of hydrogen-bond acceptors (Lipinski definition) is 5. The zero-order valence-electron chi connectivity index (χ0n) is 9.86. The van der Waals surface area contributed by atoms with Crippen LogP contribution in [0.4, 0.5) is 0 Å². The predicted octanol–water partition coefficient (Wildman–Crippen LogP) is -1.05. The van der Waals surface area contributed by atoms with Gasteiger partial charge in [0.2, 0.25) is 11.8 Å². The van der Waals surface area contributed by atoms with Crippen molar-refractivity contribution in [2.75, 3.05) is 26.4 Å². The molecule has 0 aliphatic rings. The van der Waals surface area contributed by atoms with E-state index in [4.69, 9.17) is 10.5 Å². The molecule has 0 heterocycles. The number of primary amides is 1. The standard InChI is InChI=1S/C10H18N2O5/c1-2-17-10(15)4-3-9(14)12-5-6-16-7-8(11)13/h2-7H2,1H3,(H2,11,13)(H,12,14). The molecule has 0 aromatic carbocycles. The molecule has 0 unspecified atom stereocenters. The van der Waals surface area contributed by atoms with Crippen LogP contribution in [0.3, 0.4) is 0 Å². The Kier molecular flexibility index (Phi) is 8.67. The maximum atomic E-state index is 11.2. The Hall–Kier alpha value is -1.63. The van der Waals surface area contributed by atoms with Crippen molar-refractivity contribution in [1.82, 2.24) is 5.32 Å². The fourth-order valence-corrected chi connectivity index (χ4v) is 0.973. The Morgan fingerprint density at radius 2 is 1.94 bits per heavy atom. The van der Waals surface area contributed by atoms with E-state index in [9.17, 15) is 14.4 Å². The van der Waals surface area contributed by atoms with Gasteiger partial charge in [0.05, 0.1) is 19.6 Å². The van der Waals surface area contributed by atoms with Crippen LogP contribution in [-0.2, 0) is 23.9 Å². The maximum absolute atomic E-state index is 11.2. The van der Waals surface area contributed by atoms with Crippen molar-refractivity contribution >= 4 is 17.8 Å². The second kappa shape index (κ2) is 9.59. The smallest absolute Gasteiger partial charge is 0.306 e. The highest BCUT2D eigenvalue weighted by Gasteiger charge is 2.06. The minimum Gasteiger partial charge on any atom is -0.466 e. The first-order chi connectivity index (χ1) is 8.06. The summed E-state index contributed by atoms with van der Waals surface area (Å²) in [6.07, 6.45) is 0.135. The van der Waals surface area contributed by atoms with Crippen LogP contribution in [0.15, 0.2) is 0 Å². The number of esters is 1. The summed E-state index contributed by atoms with van der Waals surface area (Å²) in [5.74, 6) is -1.22. The van der Waals surface area contributed by atoms with Crippen molar-refractivity contribution in [3.05, 3.63) is 0 Å². The molecule has 0 aromatic heterocycles. The van der Waals surface area contributed by atoms with E-state index in [-0.39, 0.29) is 38.5 Å². The molecule has 0 saturated heterocycles. The highest BCUT2D eigenvalue weighted by Crippen LogP contribution is 1.92. The van der Waals surface area contributed by atoms with E-state index in [1.807, 2.05) is 0 Å². The molecule has 0 fully saturated rings. The molecule has 0 rings (SSSR count). The molecule has 0 aliphatic carbocycles. The van der Waals surface area contributed by atoms with Crippen LogP contribution in [0.1, 0.15) is 19.8 Å². The SMILES string of the molecule is CCOC(=O)CCC(=O)NCCOCC(N)=O. The maximum Gasteiger partial charge on any atom is 0.306 e. The largest absolute Gasteiger partial charge is 0.466 e. The fourth-order valence-electron chi connectivity index (χ4n) is 0.973. The molecule has 7 nitrogen and oxygen atoms in total. The van der Waals surface area contributed by atoms with Gasteiger partial charge in [0.1, 0.15) is 6.61 Å². The van der Waals surface area contributed by atoms with Crippen LogP contribution in [0.25, 0.3) is 0 Å². The summed E-state index contributed by atoms with van der Waals surface area (Å²) in [6.45, 7) is 2.32. The molecule has 0 bridgehead atoms. The quantitative estimate of drug-likeness (QED) is 0.398. The lowest BCUT2D eigenvalue weighted by molar-refractivity contribution is -0.144. The van der Waals surface area contributed by atoms with Crippen LogP contribution in [-0.4, -0.2) is 44.1 Å². The molecular weight excluding hydrogens is 228 g/mol. The van der Waals surface area contributed by atoms with Crippen LogP contribution in [0, 0.1) is 0 Å². The molecular formula is C10H18N2O5. The Balaban J connectivity index is 3.40. The van der Waals surface area contributed by atoms with Gasteiger partial charge in [-0.25, -0.2) is 0 Å². The van der Waals surface area contributed by atoms with E-state index in [1.54, 1.807) is 6.92 Å². The van der Waals surface area contributed by atoms with Gasteiger partial charge in [0.15, 0.2) is 0 Å². The number of hydrogen-bond donors (Lipinski definition) is 2. The molecule has 0 radical (unpaired) electrons. The Bertz CT molecular complexity index is 267. The Morgan fingerprint density at radius 1 is 1.24 bits per heavy atom. The van der Waals surface area contributed by atoms with Gasteiger partial charge in [-0.15, -0.1) is 0 Å². The first-order valence-electron chi connectivity index (χ1n) is 5.34. The summed E-state index contributed by atoms with van der Waals surface area (Å²) < 4.78 is 9.50. The molecule has 0 spiro atoms. The van der Waals surface area contributed by atoms with E-state index in [2.05, 4.69) is 10.1 Å². The number of carbonyl (C=O) groups is 3. The first-order valence-corrected chi connectivity index (χ1v) is 5.34. The van der Waals surface area contributed by atoms with E-state index in [1.165, 1.54) is 0 Å². The van der Waals surface area contributed by atoms with Gasteiger partial charge in [-0.3, -0.25) is 14.4 Å². The third-order valence-electron chi connectivity index (χ3n) is 1.67. The zero-order valence-corrected chi connectivity index (χ0v) is 9.86. The number of amides is 2. The summed E-state index contributed by atoms with van der Waals surface area (Å²) >= 11 is 0. The topological polar surface area (TPSA) is 108 Å². The number of nitrogens with two attached hydrogens (primary N) is 1. The minimum atomic E-state index is -0.557. The van der Waals surface area contributed by atoms with Gasteiger partial charge in [-0.05, 0) is 6.92 Å². The summed E-state index contributed by atoms with van der Waals surface area (Å²) in [5, 5.41) is 2.53. The van der Waals surface area contributed by atoms with Gasteiger partial charge in [0, 0.05) is 13.0 Å². The van der Waals surface area contributed by atoms with E-state index in [0.717, 1.165) is 0 Å². The Morgan fingerprint density at radius 3 is 2.53 bits per heavy atom. The van der Waals surface area contributed by atoms with Gasteiger partial charge in [0.25, 0.3) is 0 Å². The van der Waals surface area contributed by atoms with Crippen molar-refractivity contribution in [2.24, 2.45) is 5.73 Å². The van der Waals surface area contributed by atoms with Crippen molar-refractivity contribution < 1.29 is 23.9 Å². The minimum absolute atomic E-state index is 0.0574. The number of rotatable bonds is 9. The number of carbonyl (C=O) groups excluding carboxylic acids is 3. The van der Waals surface area contributed by atoms with E-state index >= 15 is 0 Å².